The summed E-state index contributed by atoms with van der Waals surface area (Å²) < 4.78 is 26.3. The second-order valence-electron chi connectivity index (χ2n) is 11.6. The summed E-state index contributed by atoms with van der Waals surface area (Å²) in [7, 11) is 1.62. The Labute approximate surface area is 258 Å². The molecule has 3 aromatic rings. The monoisotopic (exact) mass is 714 g/mol. The number of aromatic nitrogens is 4. The zero-order valence-corrected chi connectivity index (χ0v) is 27.9. The van der Waals surface area contributed by atoms with Crippen molar-refractivity contribution in [2.24, 2.45) is 18.9 Å². The van der Waals surface area contributed by atoms with Crippen LogP contribution in [0, 0.1) is 11.8 Å². The van der Waals surface area contributed by atoms with Crippen LogP contribution in [0.1, 0.15) is 53.4 Å². The summed E-state index contributed by atoms with van der Waals surface area (Å²) in [5, 5.41) is 3.63. The van der Waals surface area contributed by atoms with E-state index in [0.717, 1.165) is 28.1 Å². The van der Waals surface area contributed by atoms with Crippen molar-refractivity contribution in [3.8, 4) is 0 Å². The van der Waals surface area contributed by atoms with Crippen LogP contribution in [0.4, 0.5) is 21.8 Å². The molecule has 1 N–H and O–H groups in total. The first-order chi connectivity index (χ1) is 20.1. The van der Waals surface area contributed by atoms with E-state index < -0.39 is 37.5 Å². The van der Waals surface area contributed by atoms with Crippen molar-refractivity contribution in [2.75, 3.05) is 32.2 Å². The zero-order chi connectivity index (χ0) is 30.2. The van der Waals surface area contributed by atoms with Gasteiger partial charge in [0.1, 0.15) is 6.17 Å². The maximum absolute atomic E-state index is 14.4. The molecular weight excluding hydrogens is 674 g/mol. The number of anilines is 3. The van der Waals surface area contributed by atoms with Gasteiger partial charge in [-0.05, 0) is 0 Å². The molecule has 0 spiro atoms. The van der Waals surface area contributed by atoms with Gasteiger partial charge in [-0.25, -0.2) is 9.37 Å². The fourth-order valence-corrected chi connectivity index (χ4v) is 9.83. The minimum absolute atomic E-state index is 0.129. The van der Waals surface area contributed by atoms with Crippen molar-refractivity contribution < 1.29 is 7.46 Å². The third kappa shape index (κ3) is 6.19. The summed E-state index contributed by atoms with van der Waals surface area (Å²) in [6.07, 6.45) is 4.52. The second kappa shape index (κ2) is 12.8. The fraction of sp³-hybridized carbons (Fsp3) is 0.600. The Morgan fingerprint density at radius 2 is 1.81 bits per heavy atom. The molecular formula is C30H41ClFIN6O3. The van der Waals surface area contributed by atoms with E-state index in [9.17, 15) is 14.0 Å². The number of fused-ring (bicyclic) bond motifs is 1. The molecule has 0 bridgehead atoms. The maximum atomic E-state index is 14.4. The van der Waals surface area contributed by atoms with E-state index >= 15 is 0 Å². The molecule has 9 nitrogen and oxygen atoms in total. The third-order valence-corrected chi connectivity index (χ3v) is 13.9. The molecule has 1 saturated heterocycles. The predicted molar refractivity (Wildman–Crippen MR) is 177 cm³/mol. The number of benzene rings is 1. The van der Waals surface area contributed by atoms with Gasteiger partial charge < -0.3 is 4.90 Å². The van der Waals surface area contributed by atoms with Gasteiger partial charge in [0, 0.05) is 24.9 Å². The van der Waals surface area contributed by atoms with Crippen LogP contribution in [0.5, 0.6) is 0 Å². The molecule has 1 aliphatic carbocycles. The van der Waals surface area contributed by atoms with Crippen LogP contribution in [0.25, 0.3) is 11.0 Å². The molecule has 2 fully saturated rings. The number of alkyl halides is 3. The number of rotatable bonds is 10. The molecule has 1 saturated carbocycles. The van der Waals surface area contributed by atoms with Gasteiger partial charge in [-0.1, -0.05) is 13.8 Å². The minimum atomic E-state index is -1.47. The predicted octanol–water partition coefficient (Wildman–Crippen LogP) is 6.11. The molecule has 0 radical (unpaired) electrons. The fourth-order valence-electron chi connectivity index (χ4n) is 6.01. The van der Waals surface area contributed by atoms with Crippen LogP contribution >= 0.6 is 31.8 Å². The molecule has 12 heteroatoms. The molecule has 230 valence electrons. The molecule has 1 aliphatic heterocycles. The van der Waals surface area contributed by atoms with Crippen LogP contribution in [-0.2, 0) is 16.7 Å². The van der Waals surface area contributed by atoms with Crippen molar-refractivity contribution in [2.45, 2.75) is 71.7 Å². The third-order valence-electron chi connectivity index (χ3n) is 8.67. The summed E-state index contributed by atoms with van der Waals surface area (Å²) >= 11 is 5.03. The Balaban J connectivity index is 1.45. The van der Waals surface area contributed by atoms with Gasteiger partial charge in [0.25, 0.3) is 0 Å². The van der Waals surface area contributed by atoms with Crippen molar-refractivity contribution in [3.05, 3.63) is 50.1 Å². The van der Waals surface area contributed by atoms with Gasteiger partial charge in [-0.3, -0.25) is 0 Å². The summed E-state index contributed by atoms with van der Waals surface area (Å²) in [5.41, 5.74) is 0.712. The SMILES string of the molecule is CCI(CC)OC1(CCn2c(=O)c(=O)n(C)c3ccc(Nc4nc(N5C[C@@H](C)C(F)[C@@H](C)C5)ncc4Cl)cc32)CCC1. The first kappa shape index (κ1) is 31.2. The van der Waals surface area contributed by atoms with Crippen molar-refractivity contribution in [3.63, 3.8) is 0 Å². The molecule has 3 atom stereocenters. The molecule has 5 rings (SSSR count). The summed E-state index contributed by atoms with van der Waals surface area (Å²) in [6.45, 7) is 9.66. The number of nitrogens with zero attached hydrogens (tertiary/aromatic N) is 5. The van der Waals surface area contributed by atoms with Crippen molar-refractivity contribution >= 4 is 60.3 Å². The summed E-state index contributed by atoms with van der Waals surface area (Å²) in [4.78, 5) is 37.3. The topological polar surface area (TPSA) is 94.3 Å². The van der Waals surface area contributed by atoms with E-state index in [1.165, 1.54) is 4.57 Å². The number of hydrogen-bond acceptors (Lipinski definition) is 7. The average Bonchev–Trinajstić information content (AvgIpc) is 2.96. The Hall–Kier alpha value is -2.25. The first-order valence-electron chi connectivity index (χ1n) is 14.8. The van der Waals surface area contributed by atoms with E-state index in [-0.39, 0.29) is 17.4 Å². The Bertz CT molecular complexity index is 1540. The number of hydrogen-bond donors (Lipinski definition) is 1. The first-order valence-corrected chi connectivity index (χ1v) is 19.1. The Morgan fingerprint density at radius 3 is 2.43 bits per heavy atom. The van der Waals surface area contributed by atoms with E-state index in [4.69, 9.17) is 14.7 Å². The number of piperidine rings is 1. The molecule has 0 amide bonds. The molecule has 3 heterocycles. The summed E-state index contributed by atoms with van der Waals surface area (Å²) in [5.74, 6) is 0.644. The zero-order valence-electron chi connectivity index (χ0n) is 25.0. The van der Waals surface area contributed by atoms with Crippen LogP contribution in [0.15, 0.2) is 34.0 Å². The average molecular weight is 715 g/mol. The molecule has 1 unspecified atom stereocenters. The molecule has 2 aromatic heterocycles. The van der Waals surface area contributed by atoms with Gasteiger partial charge in [0.2, 0.25) is 0 Å². The van der Waals surface area contributed by atoms with Crippen molar-refractivity contribution in [1.82, 2.24) is 19.1 Å². The number of aryl methyl sites for hydroxylation is 2. The molecule has 42 heavy (non-hydrogen) atoms. The van der Waals surface area contributed by atoms with Gasteiger partial charge >= 0.3 is 201 Å². The molecule has 2 aliphatic rings. The Morgan fingerprint density at radius 1 is 1.12 bits per heavy atom. The summed E-state index contributed by atoms with van der Waals surface area (Å²) in [6, 6.07) is 5.52. The second-order valence-corrected chi connectivity index (χ2v) is 17.8. The number of halogens is 3. The van der Waals surface area contributed by atoms with Crippen LogP contribution in [0.2, 0.25) is 5.02 Å². The standard InChI is InChI=1S/C30H41ClFIN6O3/c1-6-33(7-2)42-30(11-8-12-30)13-14-39-24-15-21(9-10-23(24)37(5)27(40)28(39)41)35-26-22(31)16-34-29(36-26)38-17-19(3)25(32)20(4)18-38/h9-10,15-16,19-20,25H,6-8,11-14,17-18H2,1-5H3,(H,34,35,36)/t19-,20+,25?. The van der Waals surface area contributed by atoms with E-state index in [1.807, 2.05) is 36.9 Å². The van der Waals surface area contributed by atoms with E-state index in [2.05, 4.69) is 29.1 Å². The van der Waals surface area contributed by atoms with Crippen molar-refractivity contribution in [1.29, 1.82) is 0 Å². The molecule has 1 aromatic carbocycles. The Kier molecular flexibility index (Phi) is 9.48. The van der Waals surface area contributed by atoms with Crippen LogP contribution < -0.4 is 21.3 Å². The quantitative estimate of drug-likeness (QED) is 0.154. The van der Waals surface area contributed by atoms with Gasteiger partial charge in [0.15, 0.2) is 0 Å². The van der Waals surface area contributed by atoms with Crippen LogP contribution in [0.3, 0.4) is 0 Å². The van der Waals surface area contributed by atoms with Gasteiger partial charge in [-0.15, -0.1) is 0 Å². The van der Waals surface area contributed by atoms with Crippen LogP contribution in [-0.4, -0.2) is 52.8 Å². The van der Waals surface area contributed by atoms with E-state index in [0.29, 0.717) is 59.6 Å². The number of nitrogens with one attached hydrogen (secondary N) is 1. The van der Waals surface area contributed by atoms with Gasteiger partial charge in [-0.2, -0.15) is 0 Å². The van der Waals surface area contributed by atoms with Gasteiger partial charge in [0.05, 0.1) is 0 Å². The van der Waals surface area contributed by atoms with E-state index in [1.54, 1.807) is 17.8 Å². The normalized spacial score (nSPS) is 22.2.